The third kappa shape index (κ3) is 3.15. The SMILES string of the molecule is CCC(CC)(CNCc1c[nH]c2ccccc12)SC. The van der Waals surface area contributed by atoms with Gasteiger partial charge in [-0.25, -0.2) is 0 Å². The molecule has 0 atom stereocenters. The predicted octanol–water partition coefficient (Wildman–Crippen LogP) is 4.18. The van der Waals surface area contributed by atoms with Crippen LogP contribution >= 0.6 is 11.8 Å². The molecule has 0 spiro atoms. The molecule has 2 rings (SSSR count). The van der Waals surface area contributed by atoms with E-state index < -0.39 is 0 Å². The van der Waals surface area contributed by atoms with Gasteiger partial charge in [0.1, 0.15) is 0 Å². The number of thioether (sulfide) groups is 1. The van der Waals surface area contributed by atoms with Gasteiger partial charge in [0, 0.05) is 34.9 Å². The molecule has 104 valence electrons. The Balaban J connectivity index is 1.99. The lowest BCUT2D eigenvalue weighted by Gasteiger charge is -2.30. The van der Waals surface area contributed by atoms with Gasteiger partial charge in [-0.05, 0) is 30.7 Å². The van der Waals surface area contributed by atoms with Crippen molar-refractivity contribution in [1.82, 2.24) is 10.3 Å². The van der Waals surface area contributed by atoms with Crippen molar-refractivity contribution < 1.29 is 0 Å². The van der Waals surface area contributed by atoms with Crippen LogP contribution in [0.25, 0.3) is 10.9 Å². The summed E-state index contributed by atoms with van der Waals surface area (Å²) in [6, 6.07) is 8.49. The highest BCUT2D eigenvalue weighted by atomic mass is 32.2. The summed E-state index contributed by atoms with van der Waals surface area (Å²) in [4.78, 5) is 3.33. The molecule has 1 aromatic heterocycles. The second-order valence-corrected chi connectivity index (χ2v) is 6.33. The molecular weight excluding hydrogens is 252 g/mol. The monoisotopic (exact) mass is 276 g/mol. The van der Waals surface area contributed by atoms with E-state index in [2.05, 4.69) is 60.9 Å². The number of hydrogen-bond donors (Lipinski definition) is 2. The van der Waals surface area contributed by atoms with Gasteiger partial charge in [-0.1, -0.05) is 32.0 Å². The Morgan fingerprint density at radius 2 is 1.95 bits per heavy atom. The minimum absolute atomic E-state index is 0.381. The Bertz CT molecular complexity index is 506. The molecule has 0 aliphatic carbocycles. The van der Waals surface area contributed by atoms with Crippen LogP contribution in [0, 0.1) is 0 Å². The Morgan fingerprint density at radius 1 is 1.21 bits per heavy atom. The third-order valence-electron chi connectivity index (χ3n) is 4.16. The molecule has 0 aliphatic heterocycles. The second-order valence-electron chi connectivity index (χ2n) is 5.06. The van der Waals surface area contributed by atoms with Gasteiger partial charge in [0.2, 0.25) is 0 Å². The van der Waals surface area contributed by atoms with Gasteiger partial charge >= 0.3 is 0 Å². The maximum Gasteiger partial charge on any atom is 0.0457 e. The maximum absolute atomic E-state index is 3.63. The highest BCUT2D eigenvalue weighted by Gasteiger charge is 2.24. The molecule has 2 N–H and O–H groups in total. The summed E-state index contributed by atoms with van der Waals surface area (Å²) in [6.45, 7) is 6.58. The minimum atomic E-state index is 0.381. The fourth-order valence-corrected chi connectivity index (χ4v) is 3.39. The lowest BCUT2D eigenvalue weighted by molar-refractivity contribution is 0.495. The normalized spacial score (nSPS) is 12.2. The lowest BCUT2D eigenvalue weighted by atomic mass is 10.0. The van der Waals surface area contributed by atoms with E-state index in [1.165, 1.54) is 29.3 Å². The van der Waals surface area contributed by atoms with Gasteiger partial charge in [0.25, 0.3) is 0 Å². The molecule has 0 bridgehead atoms. The van der Waals surface area contributed by atoms with E-state index in [0.717, 1.165) is 13.1 Å². The first-order chi connectivity index (χ1) is 9.24. The van der Waals surface area contributed by atoms with Crippen molar-refractivity contribution in [2.45, 2.75) is 38.0 Å². The molecular formula is C16H24N2S. The highest BCUT2D eigenvalue weighted by molar-refractivity contribution is 8.00. The molecule has 3 heteroatoms. The number of para-hydroxylation sites is 1. The van der Waals surface area contributed by atoms with E-state index in [1.807, 2.05) is 11.8 Å². The standard InChI is InChI=1S/C16H24N2S/c1-4-16(5-2,19-3)12-17-10-13-11-18-15-9-7-6-8-14(13)15/h6-9,11,17-18H,4-5,10,12H2,1-3H3. The van der Waals surface area contributed by atoms with Crippen molar-refractivity contribution in [3.8, 4) is 0 Å². The molecule has 0 unspecified atom stereocenters. The number of nitrogens with one attached hydrogen (secondary N) is 2. The summed E-state index contributed by atoms with van der Waals surface area (Å²) >= 11 is 1.99. The van der Waals surface area contributed by atoms with Gasteiger partial charge < -0.3 is 10.3 Å². The first-order valence-electron chi connectivity index (χ1n) is 7.05. The minimum Gasteiger partial charge on any atom is -0.361 e. The van der Waals surface area contributed by atoms with Crippen molar-refractivity contribution in [1.29, 1.82) is 0 Å². The highest BCUT2D eigenvalue weighted by Crippen LogP contribution is 2.29. The molecule has 0 amide bonds. The third-order valence-corrected chi connectivity index (χ3v) is 5.75. The molecule has 19 heavy (non-hydrogen) atoms. The summed E-state index contributed by atoms with van der Waals surface area (Å²) in [5.74, 6) is 0. The number of aromatic amines is 1. The van der Waals surface area contributed by atoms with Crippen LogP contribution in [0.15, 0.2) is 30.5 Å². The molecule has 1 heterocycles. The van der Waals surface area contributed by atoms with Crippen LogP contribution in [0.5, 0.6) is 0 Å². The van der Waals surface area contributed by atoms with Gasteiger partial charge in [0.05, 0.1) is 0 Å². The zero-order valence-electron chi connectivity index (χ0n) is 12.1. The van der Waals surface area contributed by atoms with Crippen molar-refractivity contribution in [3.05, 3.63) is 36.0 Å². The average Bonchev–Trinajstić information content (AvgIpc) is 2.88. The molecule has 0 fully saturated rings. The summed E-state index contributed by atoms with van der Waals surface area (Å²) in [5.41, 5.74) is 2.58. The quantitative estimate of drug-likeness (QED) is 0.794. The first-order valence-corrected chi connectivity index (χ1v) is 8.28. The Kier molecular flexibility index (Phi) is 4.94. The zero-order valence-corrected chi connectivity index (χ0v) is 12.9. The molecule has 0 saturated carbocycles. The largest absolute Gasteiger partial charge is 0.361 e. The summed E-state index contributed by atoms with van der Waals surface area (Å²) in [6.07, 6.45) is 6.77. The van der Waals surface area contributed by atoms with Crippen LogP contribution in [0.3, 0.4) is 0 Å². The summed E-state index contributed by atoms with van der Waals surface area (Å²) < 4.78 is 0.381. The topological polar surface area (TPSA) is 27.8 Å². The van der Waals surface area contributed by atoms with Crippen LogP contribution < -0.4 is 5.32 Å². The van der Waals surface area contributed by atoms with Crippen LogP contribution in [-0.2, 0) is 6.54 Å². The molecule has 0 radical (unpaired) electrons. The molecule has 2 aromatic rings. The Morgan fingerprint density at radius 3 is 2.63 bits per heavy atom. The summed E-state index contributed by atoms with van der Waals surface area (Å²) in [7, 11) is 0. The molecule has 2 nitrogen and oxygen atoms in total. The van der Waals surface area contributed by atoms with E-state index >= 15 is 0 Å². The van der Waals surface area contributed by atoms with E-state index in [-0.39, 0.29) is 0 Å². The number of benzene rings is 1. The van der Waals surface area contributed by atoms with Crippen LogP contribution in [0.1, 0.15) is 32.3 Å². The van der Waals surface area contributed by atoms with E-state index in [0.29, 0.717) is 4.75 Å². The second kappa shape index (κ2) is 6.49. The van der Waals surface area contributed by atoms with Crippen LogP contribution in [0.2, 0.25) is 0 Å². The van der Waals surface area contributed by atoms with Gasteiger partial charge in [0.15, 0.2) is 0 Å². The number of aromatic nitrogens is 1. The fraction of sp³-hybridized carbons (Fsp3) is 0.500. The smallest absolute Gasteiger partial charge is 0.0457 e. The van der Waals surface area contributed by atoms with Crippen LogP contribution in [-0.4, -0.2) is 22.5 Å². The maximum atomic E-state index is 3.63. The van der Waals surface area contributed by atoms with Crippen molar-refractivity contribution >= 4 is 22.7 Å². The van der Waals surface area contributed by atoms with Crippen molar-refractivity contribution in [3.63, 3.8) is 0 Å². The zero-order chi connectivity index (χ0) is 13.7. The van der Waals surface area contributed by atoms with Gasteiger partial charge in [-0.15, -0.1) is 0 Å². The number of rotatable bonds is 7. The van der Waals surface area contributed by atoms with E-state index in [4.69, 9.17) is 0 Å². The van der Waals surface area contributed by atoms with Gasteiger partial charge in [-0.2, -0.15) is 11.8 Å². The number of hydrogen-bond acceptors (Lipinski definition) is 2. The Hall–Kier alpha value is -0.930. The Labute approximate surface area is 120 Å². The summed E-state index contributed by atoms with van der Waals surface area (Å²) in [5, 5.41) is 4.96. The van der Waals surface area contributed by atoms with Gasteiger partial charge in [-0.3, -0.25) is 0 Å². The fourth-order valence-electron chi connectivity index (χ4n) is 2.56. The van der Waals surface area contributed by atoms with Crippen LogP contribution in [0.4, 0.5) is 0 Å². The lowest BCUT2D eigenvalue weighted by Crippen LogP contribution is -2.36. The van der Waals surface area contributed by atoms with E-state index in [9.17, 15) is 0 Å². The number of H-pyrrole nitrogens is 1. The molecule has 0 saturated heterocycles. The first kappa shape index (κ1) is 14.5. The van der Waals surface area contributed by atoms with Crippen molar-refractivity contribution in [2.24, 2.45) is 0 Å². The molecule has 1 aromatic carbocycles. The van der Waals surface area contributed by atoms with E-state index in [1.54, 1.807) is 0 Å². The average molecular weight is 276 g/mol. The van der Waals surface area contributed by atoms with Crippen molar-refractivity contribution in [2.75, 3.05) is 12.8 Å². The molecule has 0 aliphatic rings. The number of fused-ring (bicyclic) bond motifs is 1. The predicted molar refractivity (Wildman–Crippen MR) is 86.8 cm³/mol.